The van der Waals surface area contributed by atoms with Crippen LogP contribution in [0.15, 0.2) is 29.3 Å². The number of hydrogen-bond donors (Lipinski definition) is 1. The number of aryl methyl sites for hydroxylation is 1. The number of H-pyrrole nitrogens is 1. The zero-order chi connectivity index (χ0) is 19.6. The maximum Gasteiger partial charge on any atom is 0.390 e. The number of nitrogens with one attached hydrogen (secondary N) is 1. The van der Waals surface area contributed by atoms with Gasteiger partial charge in [0.15, 0.2) is 5.82 Å². The molecule has 0 saturated heterocycles. The van der Waals surface area contributed by atoms with Crippen molar-refractivity contribution in [2.24, 2.45) is 0 Å². The second kappa shape index (κ2) is 7.73. The van der Waals surface area contributed by atoms with Gasteiger partial charge in [-0.05, 0) is 17.7 Å². The van der Waals surface area contributed by atoms with Gasteiger partial charge in [0, 0.05) is 23.0 Å². The number of aromatic amines is 1. The highest BCUT2D eigenvalue weighted by Crippen LogP contribution is 2.26. The van der Waals surface area contributed by atoms with Crippen molar-refractivity contribution >= 4 is 23.2 Å². The summed E-state index contributed by atoms with van der Waals surface area (Å²) < 4.78 is 38.7. The van der Waals surface area contributed by atoms with Gasteiger partial charge in [0.25, 0.3) is 0 Å². The number of alkyl halides is 3. The minimum atomic E-state index is -4.35. The molecule has 2 aromatic heterocycles. The molecule has 0 saturated carbocycles. The molecule has 12 heteroatoms. The van der Waals surface area contributed by atoms with Crippen LogP contribution >= 0.6 is 23.2 Å². The van der Waals surface area contributed by atoms with Crippen LogP contribution in [0.2, 0.25) is 10.0 Å². The van der Waals surface area contributed by atoms with Gasteiger partial charge in [0.2, 0.25) is 0 Å². The highest BCUT2D eigenvalue weighted by atomic mass is 35.5. The van der Waals surface area contributed by atoms with Gasteiger partial charge in [0.1, 0.15) is 18.7 Å². The molecule has 3 rings (SSSR count). The Balaban J connectivity index is 1.70. The largest absolute Gasteiger partial charge is 0.390 e. The number of benzene rings is 1. The molecule has 0 aliphatic heterocycles. The highest BCUT2D eigenvalue weighted by Gasteiger charge is 2.27. The smallest absolute Gasteiger partial charge is 0.281 e. The maximum atomic E-state index is 12.3. The molecule has 0 aliphatic carbocycles. The molecule has 0 aliphatic rings. The fourth-order valence-corrected chi connectivity index (χ4v) is 2.90. The molecular weight excluding hydrogens is 408 g/mol. The molecule has 3 aromatic rings. The van der Waals surface area contributed by atoms with E-state index in [0.717, 1.165) is 15.6 Å². The molecule has 0 atom stereocenters. The molecule has 0 bridgehead atoms. The standard InChI is InChI=1S/C15H13Cl2F3N6O/c16-10-2-1-3-11(17)9(10)6-12-22-13(24-23-12)7-26-14(27)25(8-21-26)5-4-15(18,19)20/h1-3,8H,4-7H2,(H,22,23,24). The van der Waals surface area contributed by atoms with Crippen molar-refractivity contribution in [2.45, 2.75) is 32.1 Å². The normalized spacial score (nSPS) is 11.9. The Labute approximate surface area is 160 Å². The summed E-state index contributed by atoms with van der Waals surface area (Å²) in [5, 5.41) is 11.5. The summed E-state index contributed by atoms with van der Waals surface area (Å²) in [7, 11) is 0. The zero-order valence-electron chi connectivity index (χ0n) is 13.7. The molecule has 0 amide bonds. The average Bonchev–Trinajstić information content (AvgIpc) is 3.16. The van der Waals surface area contributed by atoms with Crippen molar-refractivity contribution in [3.8, 4) is 0 Å². The molecule has 0 fully saturated rings. The SMILES string of the molecule is O=c1n(CCC(F)(F)F)cnn1Cc1nc(Cc2c(Cl)cccc2Cl)n[nH]1. The van der Waals surface area contributed by atoms with Crippen LogP contribution in [0.25, 0.3) is 0 Å². The van der Waals surface area contributed by atoms with Crippen LogP contribution in [0.4, 0.5) is 13.2 Å². The first-order valence-corrected chi connectivity index (χ1v) is 8.50. The number of halogens is 5. The monoisotopic (exact) mass is 420 g/mol. The van der Waals surface area contributed by atoms with E-state index >= 15 is 0 Å². The third kappa shape index (κ3) is 4.89. The molecule has 1 N–H and O–H groups in total. The lowest BCUT2D eigenvalue weighted by Crippen LogP contribution is -2.27. The van der Waals surface area contributed by atoms with Crippen molar-refractivity contribution in [1.29, 1.82) is 0 Å². The Morgan fingerprint density at radius 1 is 1.19 bits per heavy atom. The molecule has 0 unspecified atom stereocenters. The first kappa shape index (κ1) is 19.4. The van der Waals surface area contributed by atoms with Crippen molar-refractivity contribution < 1.29 is 13.2 Å². The van der Waals surface area contributed by atoms with E-state index in [9.17, 15) is 18.0 Å². The fraction of sp³-hybridized carbons (Fsp3) is 0.333. The van der Waals surface area contributed by atoms with Gasteiger partial charge in [-0.3, -0.25) is 9.67 Å². The Bertz CT molecular complexity index is 974. The summed E-state index contributed by atoms with van der Waals surface area (Å²) >= 11 is 12.2. The van der Waals surface area contributed by atoms with E-state index < -0.39 is 24.8 Å². The van der Waals surface area contributed by atoms with E-state index in [4.69, 9.17) is 23.2 Å². The molecule has 144 valence electrons. The minimum absolute atomic E-state index is 0.0545. The van der Waals surface area contributed by atoms with E-state index in [2.05, 4.69) is 20.3 Å². The van der Waals surface area contributed by atoms with Gasteiger partial charge in [-0.15, -0.1) is 0 Å². The summed E-state index contributed by atoms with van der Waals surface area (Å²) in [6, 6.07) is 5.12. The van der Waals surface area contributed by atoms with Crippen LogP contribution in [0.1, 0.15) is 23.6 Å². The van der Waals surface area contributed by atoms with Crippen molar-refractivity contribution in [3.63, 3.8) is 0 Å². The lowest BCUT2D eigenvalue weighted by Gasteiger charge is -2.04. The summed E-state index contributed by atoms with van der Waals surface area (Å²) in [4.78, 5) is 16.3. The predicted octanol–water partition coefficient (Wildman–Crippen LogP) is 3.06. The van der Waals surface area contributed by atoms with Crippen LogP contribution < -0.4 is 5.69 Å². The molecule has 0 spiro atoms. The molecule has 1 aromatic carbocycles. The van der Waals surface area contributed by atoms with Gasteiger partial charge in [0.05, 0.1) is 6.42 Å². The highest BCUT2D eigenvalue weighted by molar-refractivity contribution is 6.36. The van der Waals surface area contributed by atoms with Gasteiger partial charge in [-0.2, -0.15) is 23.4 Å². The van der Waals surface area contributed by atoms with Crippen LogP contribution in [-0.2, 0) is 19.5 Å². The molecule has 27 heavy (non-hydrogen) atoms. The summed E-state index contributed by atoms with van der Waals surface area (Å²) in [5.74, 6) is 0.737. The van der Waals surface area contributed by atoms with Gasteiger partial charge >= 0.3 is 11.9 Å². The Morgan fingerprint density at radius 2 is 1.89 bits per heavy atom. The van der Waals surface area contributed by atoms with Crippen molar-refractivity contribution in [3.05, 3.63) is 62.3 Å². The zero-order valence-corrected chi connectivity index (χ0v) is 15.2. The topological polar surface area (TPSA) is 81.4 Å². The first-order valence-electron chi connectivity index (χ1n) is 7.75. The third-order valence-corrected chi connectivity index (χ3v) is 4.42. The first-order chi connectivity index (χ1) is 12.7. The van der Waals surface area contributed by atoms with Crippen molar-refractivity contribution in [2.75, 3.05) is 0 Å². The molecule has 7 nitrogen and oxygen atoms in total. The van der Waals surface area contributed by atoms with Crippen LogP contribution in [0.5, 0.6) is 0 Å². The predicted molar refractivity (Wildman–Crippen MR) is 91.9 cm³/mol. The van der Waals surface area contributed by atoms with Gasteiger partial charge in [-0.25, -0.2) is 14.5 Å². The molecule has 0 radical (unpaired) electrons. The number of hydrogen-bond acceptors (Lipinski definition) is 4. The lowest BCUT2D eigenvalue weighted by molar-refractivity contribution is -0.136. The van der Waals surface area contributed by atoms with Gasteiger partial charge < -0.3 is 0 Å². The second-order valence-corrected chi connectivity index (χ2v) is 6.52. The van der Waals surface area contributed by atoms with E-state index in [0.29, 0.717) is 27.3 Å². The number of nitrogens with zero attached hydrogens (tertiary/aromatic N) is 5. The summed E-state index contributed by atoms with van der Waals surface area (Å²) in [6.45, 7) is -0.546. The number of rotatable bonds is 6. The second-order valence-electron chi connectivity index (χ2n) is 5.71. The lowest BCUT2D eigenvalue weighted by atomic mass is 10.1. The van der Waals surface area contributed by atoms with Crippen LogP contribution in [0, 0.1) is 0 Å². The quantitative estimate of drug-likeness (QED) is 0.664. The minimum Gasteiger partial charge on any atom is -0.281 e. The van der Waals surface area contributed by atoms with Gasteiger partial charge in [-0.1, -0.05) is 29.3 Å². The molecular formula is C15H13Cl2F3N6O. The number of aromatic nitrogens is 6. The Kier molecular flexibility index (Phi) is 5.56. The van der Waals surface area contributed by atoms with E-state index in [1.807, 2.05) is 0 Å². The third-order valence-electron chi connectivity index (χ3n) is 3.71. The van der Waals surface area contributed by atoms with Crippen LogP contribution in [0.3, 0.4) is 0 Å². The van der Waals surface area contributed by atoms with E-state index in [1.165, 1.54) is 0 Å². The Morgan fingerprint density at radius 3 is 2.56 bits per heavy atom. The van der Waals surface area contributed by atoms with Crippen LogP contribution in [-0.4, -0.2) is 35.7 Å². The van der Waals surface area contributed by atoms with E-state index in [-0.39, 0.29) is 13.0 Å². The fourth-order valence-electron chi connectivity index (χ4n) is 2.37. The summed E-state index contributed by atoms with van der Waals surface area (Å²) in [6.07, 6.45) is -4.11. The van der Waals surface area contributed by atoms with Crippen molar-refractivity contribution in [1.82, 2.24) is 29.5 Å². The maximum absolute atomic E-state index is 12.3. The summed E-state index contributed by atoms with van der Waals surface area (Å²) in [5.41, 5.74) is 0.00586. The van der Waals surface area contributed by atoms with E-state index in [1.54, 1.807) is 18.2 Å². The molecule has 2 heterocycles. The Hall–Kier alpha value is -2.33. The average molecular weight is 421 g/mol.